The van der Waals surface area contributed by atoms with Gasteiger partial charge in [-0.05, 0) is 53.7 Å². The van der Waals surface area contributed by atoms with Crippen molar-refractivity contribution in [1.29, 1.82) is 0 Å². The lowest BCUT2D eigenvalue weighted by Gasteiger charge is -2.27. The zero-order chi connectivity index (χ0) is 22.0. The number of nitrogens with one attached hydrogen (secondary N) is 1. The quantitative estimate of drug-likeness (QED) is 0.449. The van der Waals surface area contributed by atoms with Crippen molar-refractivity contribution < 1.29 is 17.9 Å². The summed E-state index contributed by atoms with van der Waals surface area (Å²) in [6.45, 7) is 0.425. The Balaban J connectivity index is 1.56. The molecular weight excluding hydrogens is 412 g/mol. The Kier molecular flexibility index (Phi) is 5.98. The fourth-order valence-electron chi connectivity index (χ4n) is 4.37. The standard InChI is InChI=1S/C24H26N2O4S/c1-30-24(27)12-8-17-7-10-21-18(15-17)9-11-23(21)26(31(2,28)29)14-13-19-16-25-22-6-4-3-5-20(19)22/h3-8,10,12,15-16,23,25H,9,11,13-14H2,1-2H3/b12-8+. The number of benzene rings is 2. The van der Waals surface area contributed by atoms with E-state index in [1.807, 2.05) is 42.6 Å². The van der Waals surface area contributed by atoms with Crippen molar-refractivity contribution in [3.8, 4) is 0 Å². The van der Waals surface area contributed by atoms with E-state index in [1.54, 1.807) is 10.4 Å². The number of aromatic nitrogens is 1. The minimum absolute atomic E-state index is 0.172. The summed E-state index contributed by atoms with van der Waals surface area (Å²) in [5.74, 6) is -0.404. The second-order valence-electron chi connectivity index (χ2n) is 7.85. The number of hydrogen-bond donors (Lipinski definition) is 1. The first-order chi connectivity index (χ1) is 14.9. The maximum Gasteiger partial charge on any atom is 0.330 e. The molecule has 1 unspecified atom stereocenters. The minimum atomic E-state index is -3.38. The van der Waals surface area contributed by atoms with E-state index in [-0.39, 0.29) is 6.04 Å². The van der Waals surface area contributed by atoms with Gasteiger partial charge in [0.25, 0.3) is 0 Å². The number of aromatic amines is 1. The molecule has 0 saturated carbocycles. The van der Waals surface area contributed by atoms with Crippen LogP contribution in [0.1, 0.15) is 34.7 Å². The summed E-state index contributed by atoms with van der Waals surface area (Å²) >= 11 is 0. The fourth-order valence-corrected chi connectivity index (χ4v) is 5.48. The molecule has 4 rings (SSSR count). The summed E-state index contributed by atoms with van der Waals surface area (Å²) in [5, 5.41) is 1.13. The van der Waals surface area contributed by atoms with Crippen LogP contribution >= 0.6 is 0 Å². The van der Waals surface area contributed by atoms with Crippen LogP contribution in [0.5, 0.6) is 0 Å². The molecule has 1 N–H and O–H groups in total. The van der Waals surface area contributed by atoms with Gasteiger partial charge in [0.1, 0.15) is 0 Å². The highest BCUT2D eigenvalue weighted by molar-refractivity contribution is 7.88. The van der Waals surface area contributed by atoms with Gasteiger partial charge in [0.15, 0.2) is 0 Å². The number of rotatable bonds is 7. The van der Waals surface area contributed by atoms with Crippen molar-refractivity contribution in [2.45, 2.75) is 25.3 Å². The van der Waals surface area contributed by atoms with E-state index in [2.05, 4.69) is 15.8 Å². The summed E-state index contributed by atoms with van der Waals surface area (Å²) in [7, 11) is -2.04. The SMILES string of the molecule is COC(=O)/C=C/c1ccc2c(c1)CCC2N(CCc1c[nH]c2ccccc12)S(C)(=O)=O. The van der Waals surface area contributed by atoms with Crippen LogP contribution in [0, 0.1) is 0 Å². The van der Waals surface area contributed by atoms with E-state index in [9.17, 15) is 13.2 Å². The number of hydrogen-bond acceptors (Lipinski definition) is 4. The molecule has 2 aromatic carbocycles. The van der Waals surface area contributed by atoms with Crippen LogP contribution in [0.3, 0.4) is 0 Å². The molecule has 0 fully saturated rings. The molecule has 0 saturated heterocycles. The number of H-pyrrole nitrogens is 1. The third-order valence-electron chi connectivity index (χ3n) is 5.88. The molecule has 6 nitrogen and oxygen atoms in total. The van der Waals surface area contributed by atoms with Crippen molar-refractivity contribution in [3.63, 3.8) is 0 Å². The van der Waals surface area contributed by atoms with E-state index in [4.69, 9.17) is 0 Å². The van der Waals surface area contributed by atoms with Crippen LogP contribution in [0.4, 0.5) is 0 Å². The van der Waals surface area contributed by atoms with Gasteiger partial charge >= 0.3 is 5.97 Å². The van der Waals surface area contributed by atoms with Crippen molar-refractivity contribution in [2.75, 3.05) is 19.9 Å². The molecule has 0 bridgehead atoms. The van der Waals surface area contributed by atoms with Gasteiger partial charge in [-0.2, -0.15) is 4.31 Å². The van der Waals surface area contributed by atoms with Crippen LogP contribution in [-0.4, -0.2) is 43.6 Å². The molecular formula is C24H26N2O4S. The Hall–Kier alpha value is -2.90. The number of nitrogens with zero attached hydrogens (tertiary/aromatic N) is 1. The van der Waals surface area contributed by atoms with Gasteiger partial charge in [-0.15, -0.1) is 0 Å². The third kappa shape index (κ3) is 4.57. The number of ether oxygens (including phenoxy) is 1. The van der Waals surface area contributed by atoms with E-state index >= 15 is 0 Å². The van der Waals surface area contributed by atoms with Crippen LogP contribution in [0.15, 0.2) is 54.7 Å². The maximum atomic E-state index is 12.7. The van der Waals surface area contributed by atoms with Crippen molar-refractivity contribution in [2.24, 2.45) is 0 Å². The molecule has 162 valence electrons. The highest BCUT2D eigenvalue weighted by Gasteiger charge is 2.33. The predicted octanol–water partition coefficient (Wildman–Crippen LogP) is 3.85. The summed E-state index contributed by atoms with van der Waals surface area (Å²) in [6.07, 6.45) is 8.55. The monoisotopic (exact) mass is 438 g/mol. The average molecular weight is 439 g/mol. The molecule has 1 heterocycles. The van der Waals surface area contributed by atoms with Gasteiger partial charge < -0.3 is 9.72 Å². The number of esters is 1. The first-order valence-electron chi connectivity index (χ1n) is 10.3. The van der Waals surface area contributed by atoms with Crippen LogP contribution in [0.25, 0.3) is 17.0 Å². The molecule has 1 aromatic heterocycles. The lowest BCUT2D eigenvalue weighted by Crippen LogP contribution is -2.34. The Morgan fingerprint density at radius 2 is 2.06 bits per heavy atom. The number of carbonyl (C=O) groups is 1. The van der Waals surface area contributed by atoms with Gasteiger partial charge in [-0.25, -0.2) is 13.2 Å². The maximum absolute atomic E-state index is 12.7. The molecule has 1 aliphatic carbocycles. The average Bonchev–Trinajstić information content (AvgIpc) is 3.35. The van der Waals surface area contributed by atoms with Gasteiger partial charge in [0, 0.05) is 29.7 Å². The normalized spacial score (nSPS) is 16.3. The molecule has 0 radical (unpaired) electrons. The molecule has 1 atom stereocenters. The first kappa shape index (κ1) is 21.3. The second kappa shape index (κ2) is 8.69. The van der Waals surface area contributed by atoms with Gasteiger partial charge in [0.2, 0.25) is 10.0 Å². The Morgan fingerprint density at radius 1 is 1.26 bits per heavy atom. The molecule has 3 aromatic rings. The Bertz CT molecular complexity index is 1240. The molecule has 0 aliphatic heterocycles. The van der Waals surface area contributed by atoms with E-state index in [1.165, 1.54) is 19.4 Å². The second-order valence-corrected chi connectivity index (χ2v) is 9.79. The van der Waals surface area contributed by atoms with Crippen LogP contribution in [-0.2, 0) is 32.4 Å². The molecule has 0 spiro atoms. The molecule has 0 amide bonds. The van der Waals surface area contributed by atoms with Gasteiger partial charge in [-0.1, -0.05) is 36.4 Å². The first-order valence-corrected chi connectivity index (χ1v) is 12.1. The van der Waals surface area contributed by atoms with Crippen LogP contribution < -0.4 is 0 Å². The minimum Gasteiger partial charge on any atom is -0.466 e. The molecule has 31 heavy (non-hydrogen) atoms. The van der Waals surface area contributed by atoms with E-state index < -0.39 is 16.0 Å². The smallest absolute Gasteiger partial charge is 0.330 e. The van der Waals surface area contributed by atoms with E-state index in [0.717, 1.165) is 46.0 Å². The summed E-state index contributed by atoms with van der Waals surface area (Å²) < 4.78 is 31.6. The van der Waals surface area contributed by atoms with Gasteiger partial charge in [0.05, 0.1) is 19.4 Å². The van der Waals surface area contributed by atoms with Crippen LogP contribution in [0.2, 0.25) is 0 Å². The summed E-state index contributed by atoms with van der Waals surface area (Å²) in [6, 6.07) is 13.8. The lowest BCUT2D eigenvalue weighted by molar-refractivity contribution is -0.134. The van der Waals surface area contributed by atoms with E-state index in [0.29, 0.717) is 13.0 Å². The number of carbonyl (C=O) groups excluding carboxylic acids is 1. The number of methoxy groups -OCH3 is 1. The summed E-state index contributed by atoms with van der Waals surface area (Å²) in [4.78, 5) is 14.6. The fraction of sp³-hybridized carbons (Fsp3) is 0.292. The van der Waals surface area contributed by atoms with Crippen molar-refractivity contribution in [1.82, 2.24) is 9.29 Å². The zero-order valence-electron chi connectivity index (χ0n) is 17.7. The number of sulfonamides is 1. The lowest BCUT2D eigenvalue weighted by atomic mass is 10.0. The number of fused-ring (bicyclic) bond motifs is 2. The molecule has 1 aliphatic rings. The predicted molar refractivity (Wildman–Crippen MR) is 122 cm³/mol. The third-order valence-corrected chi connectivity index (χ3v) is 7.17. The molecule has 7 heteroatoms. The number of para-hydroxylation sites is 1. The highest BCUT2D eigenvalue weighted by atomic mass is 32.2. The van der Waals surface area contributed by atoms with Crippen molar-refractivity contribution in [3.05, 3.63) is 77.0 Å². The largest absolute Gasteiger partial charge is 0.466 e. The van der Waals surface area contributed by atoms with Gasteiger partial charge in [-0.3, -0.25) is 0 Å². The zero-order valence-corrected chi connectivity index (χ0v) is 18.5. The summed E-state index contributed by atoms with van der Waals surface area (Å²) in [5.41, 5.74) is 5.24. The number of aryl methyl sites for hydroxylation is 1. The highest BCUT2D eigenvalue weighted by Crippen LogP contribution is 2.38. The Labute approximate surface area is 182 Å². The topological polar surface area (TPSA) is 79.5 Å². The Morgan fingerprint density at radius 3 is 2.84 bits per heavy atom. The van der Waals surface area contributed by atoms with Crippen molar-refractivity contribution >= 4 is 33.0 Å².